The van der Waals surface area contributed by atoms with Gasteiger partial charge in [0.15, 0.2) is 5.78 Å². The number of benzene rings is 2. The van der Waals surface area contributed by atoms with E-state index >= 15 is 0 Å². The Morgan fingerprint density at radius 3 is 2.43 bits per heavy atom. The SMILES string of the molecule is COc1ccc(O)cc1[C@@H]1CC(=O)c2c(O)c(C)c(O[C@@H]3O[C@H](CO)[C@@H](O)[C@H](O)[C@H]3O)c(C)c2O1. The summed E-state index contributed by atoms with van der Waals surface area (Å²) in [5.41, 5.74) is 0.881. The molecule has 11 heteroatoms. The van der Waals surface area contributed by atoms with Crippen molar-refractivity contribution in [1.29, 1.82) is 0 Å². The number of rotatable bonds is 5. The standard InChI is InChI=1S/C24H28O11/c1-9-18(28)17-13(27)7-15(12-6-11(26)4-5-14(12)32-3)33-23(17)10(2)22(9)35-24-21(31)20(30)19(29)16(8-25)34-24/h4-6,15-16,19-21,24-26,28-31H,7-8H2,1-3H3/t15-,16+,19+,20-,21+,24-/m0/s1. The number of methoxy groups -OCH3 is 1. The first kappa shape index (κ1) is 25.0. The molecule has 0 unspecified atom stereocenters. The second-order valence-electron chi connectivity index (χ2n) is 8.61. The van der Waals surface area contributed by atoms with E-state index in [0.717, 1.165) is 0 Å². The maximum atomic E-state index is 13.1. The fourth-order valence-electron chi connectivity index (χ4n) is 4.44. The predicted molar refractivity (Wildman–Crippen MR) is 119 cm³/mol. The first-order valence-electron chi connectivity index (χ1n) is 11.0. The number of hydrogen-bond acceptors (Lipinski definition) is 11. The molecule has 2 heterocycles. The highest BCUT2D eigenvalue weighted by atomic mass is 16.7. The van der Waals surface area contributed by atoms with Crippen molar-refractivity contribution in [3.05, 3.63) is 40.5 Å². The molecule has 0 amide bonds. The van der Waals surface area contributed by atoms with Crippen LogP contribution < -0.4 is 14.2 Å². The molecule has 0 radical (unpaired) electrons. The van der Waals surface area contributed by atoms with Crippen LogP contribution in [0.2, 0.25) is 0 Å². The molecule has 2 aliphatic heterocycles. The van der Waals surface area contributed by atoms with Crippen LogP contribution in [-0.2, 0) is 4.74 Å². The molecule has 0 bridgehead atoms. The Bertz CT molecular complexity index is 1130. The fourth-order valence-corrected chi connectivity index (χ4v) is 4.44. The van der Waals surface area contributed by atoms with Crippen molar-refractivity contribution in [2.24, 2.45) is 0 Å². The third-order valence-corrected chi connectivity index (χ3v) is 6.39. The Morgan fingerprint density at radius 2 is 1.77 bits per heavy atom. The summed E-state index contributed by atoms with van der Waals surface area (Å²) >= 11 is 0. The first-order valence-corrected chi connectivity index (χ1v) is 11.0. The highest BCUT2D eigenvalue weighted by Gasteiger charge is 2.45. The number of ether oxygens (including phenoxy) is 4. The molecule has 0 aromatic heterocycles. The van der Waals surface area contributed by atoms with E-state index in [1.54, 1.807) is 13.0 Å². The number of fused-ring (bicyclic) bond motifs is 1. The monoisotopic (exact) mass is 492 g/mol. The van der Waals surface area contributed by atoms with Crippen LogP contribution in [0.5, 0.6) is 28.7 Å². The molecular weight excluding hydrogens is 464 g/mol. The highest BCUT2D eigenvalue weighted by molar-refractivity contribution is 6.04. The van der Waals surface area contributed by atoms with Gasteiger partial charge < -0.3 is 49.6 Å². The molecule has 0 aliphatic carbocycles. The number of aliphatic hydroxyl groups excluding tert-OH is 4. The van der Waals surface area contributed by atoms with Gasteiger partial charge in [0.1, 0.15) is 64.8 Å². The third kappa shape index (κ3) is 4.26. The quantitative estimate of drug-likeness (QED) is 0.345. The number of aliphatic hydroxyl groups is 4. The summed E-state index contributed by atoms with van der Waals surface area (Å²) in [6.45, 7) is 2.45. The van der Waals surface area contributed by atoms with Gasteiger partial charge in [-0.3, -0.25) is 4.79 Å². The number of hydrogen-bond donors (Lipinski definition) is 6. The Labute approximate surface area is 200 Å². The minimum atomic E-state index is -1.67. The van der Waals surface area contributed by atoms with Crippen molar-refractivity contribution in [3.8, 4) is 28.7 Å². The van der Waals surface area contributed by atoms with Gasteiger partial charge >= 0.3 is 0 Å². The van der Waals surface area contributed by atoms with Crippen molar-refractivity contribution in [2.45, 2.75) is 57.1 Å². The molecule has 190 valence electrons. The van der Waals surface area contributed by atoms with Crippen molar-refractivity contribution in [1.82, 2.24) is 0 Å². The number of aromatic hydroxyl groups is 2. The number of phenolic OH excluding ortho intramolecular Hbond substituents is 2. The first-order chi connectivity index (χ1) is 16.6. The van der Waals surface area contributed by atoms with Crippen LogP contribution in [0.25, 0.3) is 0 Å². The lowest BCUT2D eigenvalue weighted by Crippen LogP contribution is -2.60. The molecule has 11 nitrogen and oxygen atoms in total. The smallest absolute Gasteiger partial charge is 0.229 e. The summed E-state index contributed by atoms with van der Waals surface area (Å²) in [5, 5.41) is 60.6. The lowest BCUT2D eigenvalue weighted by atomic mass is 9.91. The van der Waals surface area contributed by atoms with Gasteiger partial charge in [-0.2, -0.15) is 0 Å². The molecule has 6 N–H and O–H groups in total. The summed E-state index contributed by atoms with van der Waals surface area (Å²) in [5.74, 6) is -0.351. The van der Waals surface area contributed by atoms with Crippen molar-refractivity contribution < 1.29 is 54.4 Å². The van der Waals surface area contributed by atoms with E-state index in [2.05, 4.69) is 0 Å². The van der Waals surface area contributed by atoms with Crippen molar-refractivity contribution >= 4 is 5.78 Å². The summed E-state index contributed by atoms with van der Waals surface area (Å²) in [7, 11) is 1.45. The zero-order chi connectivity index (χ0) is 25.6. The average Bonchev–Trinajstić information content (AvgIpc) is 2.84. The van der Waals surface area contributed by atoms with Gasteiger partial charge in [-0.25, -0.2) is 0 Å². The van der Waals surface area contributed by atoms with Crippen LogP contribution in [0.1, 0.15) is 39.6 Å². The highest BCUT2D eigenvalue weighted by Crippen LogP contribution is 2.49. The van der Waals surface area contributed by atoms with Crippen LogP contribution >= 0.6 is 0 Å². The maximum absolute atomic E-state index is 13.1. The summed E-state index contributed by atoms with van der Waals surface area (Å²) in [6.07, 6.45) is -8.53. The normalized spacial score (nSPS) is 28.3. The molecule has 6 atom stereocenters. The molecule has 2 aliphatic rings. The van der Waals surface area contributed by atoms with Gasteiger partial charge in [-0.15, -0.1) is 0 Å². The number of phenols is 2. The van der Waals surface area contributed by atoms with Crippen LogP contribution in [0.15, 0.2) is 18.2 Å². The lowest BCUT2D eigenvalue weighted by Gasteiger charge is -2.40. The van der Waals surface area contributed by atoms with Gasteiger partial charge in [0, 0.05) is 16.7 Å². The molecule has 35 heavy (non-hydrogen) atoms. The van der Waals surface area contributed by atoms with E-state index in [4.69, 9.17) is 18.9 Å². The van der Waals surface area contributed by atoms with Crippen LogP contribution in [-0.4, -0.2) is 80.8 Å². The number of carbonyl (C=O) groups excluding carboxylic acids is 1. The van der Waals surface area contributed by atoms with E-state index in [9.17, 15) is 35.4 Å². The molecule has 0 spiro atoms. The molecule has 4 rings (SSSR count). The fraction of sp³-hybridized carbons (Fsp3) is 0.458. The van der Waals surface area contributed by atoms with E-state index in [-0.39, 0.29) is 40.5 Å². The number of Topliss-reactive ketones (excluding diaryl/α,β-unsaturated/α-hetero) is 1. The van der Waals surface area contributed by atoms with Gasteiger partial charge in [0.2, 0.25) is 6.29 Å². The Hall–Kier alpha value is -3.09. The topological polar surface area (TPSA) is 175 Å². The molecule has 1 saturated heterocycles. The summed E-state index contributed by atoms with van der Waals surface area (Å²) in [4.78, 5) is 13.1. The van der Waals surface area contributed by atoms with Crippen molar-refractivity contribution in [3.63, 3.8) is 0 Å². The Kier molecular flexibility index (Phi) is 6.80. The second kappa shape index (κ2) is 9.51. The van der Waals surface area contributed by atoms with E-state index in [0.29, 0.717) is 16.9 Å². The van der Waals surface area contributed by atoms with Crippen LogP contribution in [0, 0.1) is 13.8 Å². The maximum Gasteiger partial charge on any atom is 0.229 e. The van der Waals surface area contributed by atoms with E-state index in [1.807, 2.05) is 0 Å². The second-order valence-corrected chi connectivity index (χ2v) is 8.61. The van der Waals surface area contributed by atoms with Gasteiger partial charge in [0.05, 0.1) is 20.1 Å². The molecule has 0 saturated carbocycles. The molecular formula is C24H28O11. The zero-order valence-electron chi connectivity index (χ0n) is 19.3. The minimum absolute atomic E-state index is 0.0295. The third-order valence-electron chi connectivity index (χ3n) is 6.39. The average molecular weight is 492 g/mol. The van der Waals surface area contributed by atoms with Gasteiger partial charge in [-0.05, 0) is 32.0 Å². The van der Waals surface area contributed by atoms with E-state index in [1.165, 1.54) is 26.2 Å². The van der Waals surface area contributed by atoms with Gasteiger partial charge in [-0.1, -0.05) is 0 Å². The summed E-state index contributed by atoms with van der Waals surface area (Å²) in [6, 6.07) is 4.41. The Morgan fingerprint density at radius 1 is 1.06 bits per heavy atom. The molecule has 2 aromatic carbocycles. The number of ketones is 1. The summed E-state index contributed by atoms with van der Waals surface area (Å²) < 4.78 is 22.7. The zero-order valence-corrected chi connectivity index (χ0v) is 19.3. The number of carbonyl (C=O) groups is 1. The molecule has 2 aromatic rings. The van der Waals surface area contributed by atoms with Gasteiger partial charge in [0.25, 0.3) is 0 Å². The predicted octanol–water partition coefficient (Wildman–Crippen LogP) is 0.608. The molecule has 1 fully saturated rings. The largest absolute Gasteiger partial charge is 0.508 e. The lowest BCUT2D eigenvalue weighted by molar-refractivity contribution is -0.277. The Balaban J connectivity index is 1.74. The van der Waals surface area contributed by atoms with E-state index < -0.39 is 49.2 Å². The van der Waals surface area contributed by atoms with Crippen molar-refractivity contribution in [2.75, 3.05) is 13.7 Å². The van der Waals surface area contributed by atoms with Crippen LogP contribution in [0.4, 0.5) is 0 Å². The minimum Gasteiger partial charge on any atom is -0.508 e. The van der Waals surface area contributed by atoms with Crippen LogP contribution in [0.3, 0.4) is 0 Å².